The first-order chi connectivity index (χ1) is 6.70. The van der Waals surface area contributed by atoms with Gasteiger partial charge >= 0.3 is 0 Å². The van der Waals surface area contributed by atoms with Crippen molar-refractivity contribution in [1.29, 1.82) is 0 Å². The van der Waals surface area contributed by atoms with E-state index >= 15 is 0 Å². The van der Waals surface area contributed by atoms with Gasteiger partial charge in [0.1, 0.15) is 0 Å². The first-order valence-corrected chi connectivity index (χ1v) is 11.0. The maximum Gasteiger partial charge on any atom is 0.170 e. The number of hydrogen-bond acceptors (Lipinski definition) is 8. The molecule has 0 fully saturated rings. The zero-order valence-electron chi connectivity index (χ0n) is 6.57. The van der Waals surface area contributed by atoms with Gasteiger partial charge in [0.2, 0.25) is 0 Å². The van der Waals surface area contributed by atoms with Crippen LogP contribution in [0.2, 0.25) is 0 Å². The summed E-state index contributed by atoms with van der Waals surface area (Å²) >= 11 is 9.66. The molecule has 0 rings (SSSR count). The fourth-order valence-electron chi connectivity index (χ4n) is 0.161. The Kier molecular flexibility index (Phi) is 12.4. The van der Waals surface area contributed by atoms with Crippen LogP contribution < -0.4 is 0 Å². The molecular weight excluding hydrogens is 333 g/mol. The van der Waals surface area contributed by atoms with Crippen LogP contribution in [-0.2, 0) is 0 Å². The molecule has 0 aromatic carbocycles. The molecule has 78 valence electrons. The monoisotopic (exact) mass is 336 g/mol. The van der Waals surface area contributed by atoms with Gasteiger partial charge in [0.25, 0.3) is 0 Å². The van der Waals surface area contributed by atoms with Crippen molar-refractivity contribution in [2.45, 2.75) is 0 Å². The molecule has 0 aromatic heterocycles. The molecule has 14 heavy (non-hydrogen) atoms. The highest BCUT2D eigenvalue weighted by atomic mass is 33.9. The molecule has 0 aliphatic carbocycles. The smallest absolute Gasteiger partial charge is 0.170 e. The van der Waals surface area contributed by atoms with E-state index < -0.39 is 0 Å². The highest BCUT2D eigenvalue weighted by Gasteiger charge is 1.99. The molecule has 0 saturated carbocycles. The van der Waals surface area contributed by atoms with Crippen LogP contribution in [0.1, 0.15) is 0 Å². The second kappa shape index (κ2) is 11.1. The van der Waals surface area contributed by atoms with Crippen molar-refractivity contribution >= 4 is 107 Å². The van der Waals surface area contributed by atoms with E-state index in [1.807, 2.05) is 0 Å². The van der Waals surface area contributed by atoms with Crippen molar-refractivity contribution in [2.75, 3.05) is 0 Å². The Morgan fingerprint density at radius 3 is 1.43 bits per heavy atom. The minimum Gasteiger partial charge on any atom is -0.245 e. The molecule has 0 saturated heterocycles. The zero-order valence-corrected chi connectivity index (χ0v) is 13.1. The summed E-state index contributed by atoms with van der Waals surface area (Å²) in [5.74, 6) is 0. The summed E-state index contributed by atoms with van der Waals surface area (Å²) in [5, 5.41) is 0. The van der Waals surface area contributed by atoms with Gasteiger partial charge in [0.15, 0.2) is 8.64 Å². The van der Waals surface area contributed by atoms with Crippen molar-refractivity contribution in [3.63, 3.8) is 0 Å². The average molecular weight is 337 g/mol. The van der Waals surface area contributed by atoms with E-state index in [2.05, 4.69) is 23.4 Å². The van der Waals surface area contributed by atoms with Crippen LogP contribution in [0, 0.1) is 0 Å². The standard InChI is InChI=1S/C4H4N2S8/c1-5-3(7)9-11-13-14-12-10-4(8)6-2/h1-2H2. The van der Waals surface area contributed by atoms with Gasteiger partial charge in [-0.15, -0.1) is 0 Å². The molecule has 0 spiro atoms. The van der Waals surface area contributed by atoms with Crippen LogP contribution in [0.3, 0.4) is 0 Å². The van der Waals surface area contributed by atoms with Crippen molar-refractivity contribution in [3.8, 4) is 0 Å². The van der Waals surface area contributed by atoms with Crippen LogP contribution in [0.5, 0.6) is 0 Å². The molecule has 0 atom stereocenters. The van der Waals surface area contributed by atoms with Gasteiger partial charge in [-0.2, -0.15) is 0 Å². The van der Waals surface area contributed by atoms with Gasteiger partial charge in [-0.3, -0.25) is 0 Å². The van der Waals surface area contributed by atoms with E-state index in [4.69, 9.17) is 24.4 Å². The Bertz CT molecular complexity index is 203. The minimum absolute atomic E-state index is 0.545. The number of aliphatic imine (C=N–C) groups is 2. The topological polar surface area (TPSA) is 24.7 Å². The summed E-state index contributed by atoms with van der Waals surface area (Å²) in [4.78, 5) is 7.19. The van der Waals surface area contributed by atoms with Gasteiger partial charge in [-0.25, -0.2) is 9.98 Å². The van der Waals surface area contributed by atoms with Gasteiger partial charge in [0.05, 0.1) is 0 Å². The quantitative estimate of drug-likeness (QED) is 0.301. The van der Waals surface area contributed by atoms with Crippen LogP contribution in [0.25, 0.3) is 0 Å². The van der Waals surface area contributed by atoms with E-state index in [9.17, 15) is 0 Å². The van der Waals surface area contributed by atoms with E-state index in [-0.39, 0.29) is 0 Å². The predicted molar refractivity (Wildman–Crippen MR) is 89.8 cm³/mol. The summed E-state index contributed by atoms with van der Waals surface area (Å²) in [5.41, 5.74) is 0. The summed E-state index contributed by atoms with van der Waals surface area (Å²) in [6.45, 7) is 6.65. The summed E-state index contributed by atoms with van der Waals surface area (Å²) < 4.78 is 1.09. The summed E-state index contributed by atoms with van der Waals surface area (Å²) in [6.07, 6.45) is 0. The minimum atomic E-state index is 0.545. The molecular formula is C4H4N2S8. The third kappa shape index (κ3) is 10.1. The fraction of sp³-hybridized carbons (Fsp3) is 0. The molecule has 0 aliphatic heterocycles. The van der Waals surface area contributed by atoms with E-state index in [0.717, 1.165) is 0 Å². The van der Waals surface area contributed by atoms with Crippen LogP contribution in [-0.4, -0.2) is 22.1 Å². The molecule has 10 heteroatoms. The van der Waals surface area contributed by atoms with Crippen molar-refractivity contribution in [1.82, 2.24) is 0 Å². The van der Waals surface area contributed by atoms with Gasteiger partial charge in [-0.05, 0) is 98.8 Å². The lowest BCUT2D eigenvalue weighted by atomic mass is 11.4. The lowest BCUT2D eigenvalue weighted by Gasteiger charge is -1.96. The van der Waals surface area contributed by atoms with Gasteiger partial charge in [0, 0.05) is 0 Å². The average Bonchev–Trinajstić information content (AvgIpc) is 2.22. The lowest BCUT2D eigenvalue weighted by Crippen LogP contribution is -1.71. The van der Waals surface area contributed by atoms with Gasteiger partial charge in [-0.1, -0.05) is 0 Å². The Hall–Kier alpha value is 1.62. The number of hydrogen-bond donors (Lipinski definition) is 0. The second-order valence-electron chi connectivity index (χ2n) is 1.29. The Morgan fingerprint density at radius 2 is 1.14 bits per heavy atom. The zero-order chi connectivity index (χ0) is 10.8. The molecule has 0 heterocycles. The Morgan fingerprint density at radius 1 is 0.786 bits per heavy atom. The molecule has 0 amide bonds. The SMILES string of the molecule is C=NC(=S)SSSSSSC(=S)N=C. The fourth-order valence-corrected chi connectivity index (χ4v) is 11.3. The first-order valence-electron chi connectivity index (χ1n) is 2.73. The molecule has 0 aromatic rings. The molecule has 0 unspecified atom stereocenters. The van der Waals surface area contributed by atoms with Crippen molar-refractivity contribution in [3.05, 3.63) is 0 Å². The second-order valence-corrected chi connectivity index (χ2v) is 11.8. The maximum absolute atomic E-state index is 4.83. The third-order valence-electron chi connectivity index (χ3n) is 0.552. The van der Waals surface area contributed by atoms with E-state index in [1.165, 1.54) is 21.6 Å². The van der Waals surface area contributed by atoms with E-state index in [1.54, 1.807) is 39.3 Å². The predicted octanol–water partition coefficient (Wildman–Crippen LogP) is 4.93. The Balaban J connectivity index is 3.21. The molecule has 0 bridgehead atoms. The Labute approximate surface area is 116 Å². The summed E-state index contributed by atoms with van der Waals surface area (Å²) in [6, 6.07) is 0. The lowest BCUT2D eigenvalue weighted by molar-refractivity contribution is 1.91. The van der Waals surface area contributed by atoms with Gasteiger partial charge < -0.3 is 0 Å². The van der Waals surface area contributed by atoms with Crippen LogP contribution in [0.15, 0.2) is 9.98 Å². The molecule has 0 radical (unpaired) electrons. The third-order valence-corrected chi connectivity index (χ3v) is 11.9. The summed E-state index contributed by atoms with van der Waals surface area (Å²) in [7, 11) is 9.09. The van der Waals surface area contributed by atoms with Crippen molar-refractivity contribution in [2.24, 2.45) is 9.98 Å². The molecule has 0 aliphatic rings. The molecule has 0 N–H and O–H groups in total. The van der Waals surface area contributed by atoms with E-state index in [0.29, 0.717) is 8.64 Å². The first kappa shape index (κ1) is 15.6. The number of rotatable bonds is 5. The number of nitrogens with zero attached hydrogens (tertiary/aromatic N) is 2. The van der Waals surface area contributed by atoms with Crippen LogP contribution >= 0.6 is 85.3 Å². The van der Waals surface area contributed by atoms with Crippen molar-refractivity contribution < 1.29 is 0 Å². The maximum atomic E-state index is 4.83. The normalized spacial score (nSPS) is 9.43. The highest BCUT2D eigenvalue weighted by molar-refractivity contribution is 9.43. The highest BCUT2D eigenvalue weighted by Crippen LogP contribution is 2.52. The largest absolute Gasteiger partial charge is 0.245 e. The number of thiocarbonyl (C=S) groups is 2. The van der Waals surface area contributed by atoms with Crippen LogP contribution in [0.4, 0.5) is 0 Å². The molecule has 2 nitrogen and oxygen atoms in total.